The molecule has 148 valence electrons. The number of hydrogen-bond donors (Lipinski definition) is 1. The van der Waals surface area contributed by atoms with Gasteiger partial charge in [0.05, 0.1) is 18.1 Å². The number of carbonyl (C=O) groups is 1. The number of halogens is 1. The minimum absolute atomic E-state index is 0.0258. The molecule has 1 saturated carbocycles. The Balaban J connectivity index is 1.34. The van der Waals surface area contributed by atoms with Crippen LogP contribution in [-0.4, -0.2) is 43.2 Å². The van der Waals surface area contributed by atoms with Gasteiger partial charge in [-0.3, -0.25) is 9.69 Å². The molecule has 1 unspecified atom stereocenters. The molecule has 1 N–H and O–H groups in total. The fourth-order valence-corrected chi connectivity index (χ4v) is 4.42. The summed E-state index contributed by atoms with van der Waals surface area (Å²) in [4.78, 5) is 15.4. The van der Waals surface area contributed by atoms with Crippen molar-refractivity contribution >= 4 is 17.5 Å². The first kappa shape index (κ1) is 19.4. The molecule has 1 saturated heterocycles. The summed E-state index contributed by atoms with van der Waals surface area (Å²) in [6.45, 7) is 3.92. The molecule has 28 heavy (non-hydrogen) atoms. The van der Waals surface area contributed by atoms with Gasteiger partial charge in [0.15, 0.2) is 0 Å². The van der Waals surface area contributed by atoms with E-state index in [-0.39, 0.29) is 12.0 Å². The summed E-state index contributed by atoms with van der Waals surface area (Å²) in [5.41, 5.74) is 1.91. The maximum atomic E-state index is 13.1. The minimum Gasteiger partial charge on any atom is -0.374 e. The summed E-state index contributed by atoms with van der Waals surface area (Å²) in [5, 5.41) is 3.85. The van der Waals surface area contributed by atoms with Gasteiger partial charge in [-0.25, -0.2) is 0 Å². The molecular formula is C23H27ClN2O2. The maximum Gasteiger partial charge on any atom is 0.230 e. The van der Waals surface area contributed by atoms with Crippen molar-refractivity contribution in [3.05, 3.63) is 70.7 Å². The van der Waals surface area contributed by atoms with Crippen molar-refractivity contribution in [1.29, 1.82) is 0 Å². The van der Waals surface area contributed by atoms with Crippen LogP contribution in [-0.2, 0) is 21.5 Å². The highest BCUT2D eigenvalue weighted by Gasteiger charge is 2.45. The van der Waals surface area contributed by atoms with Crippen molar-refractivity contribution in [2.75, 3.05) is 26.2 Å². The molecule has 1 aliphatic carbocycles. The normalized spacial score (nSPS) is 21.7. The minimum atomic E-state index is -0.427. The Morgan fingerprint density at radius 3 is 2.71 bits per heavy atom. The average Bonchev–Trinajstić information content (AvgIpc) is 2.67. The molecule has 2 aromatic rings. The largest absolute Gasteiger partial charge is 0.374 e. The number of hydrogen-bond acceptors (Lipinski definition) is 3. The van der Waals surface area contributed by atoms with Gasteiger partial charge in [-0.15, -0.1) is 0 Å². The predicted octanol–water partition coefficient (Wildman–Crippen LogP) is 3.78. The van der Waals surface area contributed by atoms with E-state index in [1.165, 1.54) is 5.56 Å². The van der Waals surface area contributed by atoms with Crippen LogP contribution in [0.5, 0.6) is 0 Å². The molecule has 5 heteroatoms. The van der Waals surface area contributed by atoms with Crippen LogP contribution < -0.4 is 5.32 Å². The van der Waals surface area contributed by atoms with E-state index in [9.17, 15) is 4.79 Å². The van der Waals surface area contributed by atoms with E-state index < -0.39 is 5.41 Å². The molecule has 1 aliphatic heterocycles. The standard InChI is InChI=1S/C23H27ClN2O2/c24-20-9-4-8-19(14-20)23(10-5-11-23)22(27)25-15-21-17-26(12-13-28-21)16-18-6-2-1-3-7-18/h1-4,6-9,14,21H,5,10-13,15-17H2,(H,25,27). The van der Waals surface area contributed by atoms with Crippen molar-refractivity contribution in [2.24, 2.45) is 0 Å². The van der Waals surface area contributed by atoms with Crippen LogP contribution in [0.1, 0.15) is 30.4 Å². The van der Waals surface area contributed by atoms with Gasteiger partial charge in [0.2, 0.25) is 5.91 Å². The van der Waals surface area contributed by atoms with E-state index in [0.29, 0.717) is 18.2 Å². The average molecular weight is 399 g/mol. The third-order valence-corrected chi connectivity index (χ3v) is 6.22. The highest BCUT2D eigenvalue weighted by atomic mass is 35.5. The summed E-state index contributed by atoms with van der Waals surface area (Å²) < 4.78 is 5.91. The number of nitrogens with one attached hydrogen (secondary N) is 1. The first-order valence-corrected chi connectivity index (χ1v) is 10.5. The molecule has 1 heterocycles. The lowest BCUT2D eigenvalue weighted by atomic mass is 9.64. The molecule has 4 rings (SSSR count). The third-order valence-electron chi connectivity index (χ3n) is 5.98. The number of ether oxygens (including phenoxy) is 1. The Kier molecular flexibility index (Phi) is 6.00. The van der Waals surface area contributed by atoms with Gasteiger partial charge in [0.25, 0.3) is 0 Å². The zero-order valence-electron chi connectivity index (χ0n) is 16.1. The predicted molar refractivity (Wildman–Crippen MR) is 111 cm³/mol. The summed E-state index contributed by atoms with van der Waals surface area (Å²) >= 11 is 6.16. The second kappa shape index (κ2) is 8.64. The Morgan fingerprint density at radius 1 is 1.18 bits per heavy atom. The smallest absolute Gasteiger partial charge is 0.230 e. The lowest BCUT2D eigenvalue weighted by Crippen LogP contribution is -2.53. The Labute approximate surface area is 171 Å². The number of nitrogens with zero attached hydrogens (tertiary/aromatic N) is 1. The zero-order chi connectivity index (χ0) is 19.4. The van der Waals surface area contributed by atoms with Crippen molar-refractivity contribution in [1.82, 2.24) is 10.2 Å². The number of amides is 1. The summed E-state index contributed by atoms with van der Waals surface area (Å²) in [6.07, 6.45) is 2.86. The first-order valence-electron chi connectivity index (χ1n) is 10.1. The second-order valence-corrected chi connectivity index (χ2v) is 8.31. The monoisotopic (exact) mass is 398 g/mol. The topological polar surface area (TPSA) is 41.6 Å². The highest BCUT2D eigenvalue weighted by molar-refractivity contribution is 6.30. The molecule has 0 bridgehead atoms. The molecule has 0 aromatic heterocycles. The van der Waals surface area contributed by atoms with Crippen LogP contribution in [0.2, 0.25) is 5.02 Å². The van der Waals surface area contributed by atoms with E-state index in [2.05, 4.69) is 34.5 Å². The molecule has 4 nitrogen and oxygen atoms in total. The number of carbonyl (C=O) groups excluding carboxylic acids is 1. The van der Waals surface area contributed by atoms with Crippen molar-refractivity contribution in [2.45, 2.75) is 37.3 Å². The molecule has 0 radical (unpaired) electrons. The Hall–Kier alpha value is -1.88. The van der Waals surface area contributed by atoms with Crippen molar-refractivity contribution in [3.63, 3.8) is 0 Å². The molecule has 2 aliphatic rings. The molecule has 0 spiro atoms. The van der Waals surface area contributed by atoms with E-state index in [4.69, 9.17) is 16.3 Å². The fraction of sp³-hybridized carbons (Fsp3) is 0.435. The molecule has 2 aromatic carbocycles. The van der Waals surface area contributed by atoms with Gasteiger partial charge in [0, 0.05) is 31.2 Å². The van der Waals surface area contributed by atoms with Crippen molar-refractivity contribution in [3.8, 4) is 0 Å². The summed E-state index contributed by atoms with van der Waals surface area (Å²) in [6, 6.07) is 18.2. The maximum absolute atomic E-state index is 13.1. The van der Waals surface area contributed by atoms with Gasteiger partial charge >= 0.3 is 0 Å². The molecule has 1 amide bonds. The lowest BCUT2D eigenvalue weighted by Gasteiger charge is -2.41. The van der Waals surface area contributed by atoms with Crippen molar-refractivity contribution < 1.29 is 9.53 Å². The lowest BCUT2D eigenvalue weighted by molar-refractivity contribution is -0.131. The number of rotatable bonds is 6. The number of morpholine rings is 1. The van der Waals surface area contributed by atoms with E-state index in [1.54, 1.807) is 0 Å². The van der Waals surface area contributed by atoms with Gasteiger partial charge in [0.1, 0.15) is 0 Å². The second-order valence-electron chi connectivity index (χ2n) is 7.87. The quantitative estimate of drug-likeness (QED) is 0.805. The fourth-order valence-electron chi connectivity index (χ4n) is 4.23. The summed E-state index contributed by atoms with van der Waals surface area (Å²) in [5.74, 6) is 0.102. The summed E-state index contributed by atoms with van der Waals surface area (Å²) in [7, 11) is 0. The van der Waals surface area contributed by atoms with Gasteiger partial charge in [-0.2, -0.15) is 0 Å². The van der Waals surface area contributed by atoms with Crippen LogP contribution in [0.15, 0.2) is 54.6 Å². The number of benzene rings is 2. The molecular weight excluding hydrogens is 372 g/mol. The SMILES string of the molecule is O=C(NCC1CN(Cc2ccccc2)CCO1)C1(c2cccc(Cl)c2)CCC1. The van der Waals surface area contributed by atoms with Crippen LogP contribution in [0.4, 0.5) is 0 Å². The molecule has 2 fully saturated rings. The molecule has 1 atom stereocenters. The highest BCUT2D eigenvalue weighted by Crippen LogP contribution is 2.44. The van der Waals surface area contributed by atoms with Gasteiger partial charge in [-0.05, 0) is 36.1 Å². The van der Waals surface area contributed by atoms with E-state index >= 15 is 0 Å². The van der Waals surface area contributed by atoms with Crippen LogP contribution >= 0.6 is 11.6 Å². The van der Waals surface area contributed by atoms with Gasteiger partial charge < -0.3 is 10.1 Å². The van der Waals surface area contributed by atoms with Gasteiger partial charge in [-0.1, -0.05) is 60.5 Å². The zero-order valence-corrected chi connectivity index (χ0v) is 16.8. The third kappa shape index (κ3) is 4.24. The van der Waals surface area contributed by atoms with E-state index in [0.717, 1.165) is 44.5 Å². The van der Waals surface area contributed by atoms with Crippen LogP contribution in [0, 0.1) is 0 Å². The van der Waals surface area contributed by atoms with Crippen LogP contribution in [0.25, 0.3) is 0 Å². The Bertz CT molecular complexity index is 807. The first-order chi connectivity index (χ1) is 13.7. The Morgan fingerprint density at radius 2 is 2.00 bits per heavy atom. The van der Waals surface area contributed by atoms with E-state index in [1.807, 2.05) is 30.3 Å². The van der Waals surface area contributed by atoms with Crippen LogP contribution in [0.3, 0.4) is 0 Å².